The van der Waals surface area contributed by atoms with E-state index in [1.807, 2.05) is 30.6 Å². The van der Waals surface area contributed by atoms with Gasteiger partial charge in [-0.2, -0.15) is 18.5 Å². The number of pyridine rings is 1. The molecule has 168 valence electrons. The van der Waals surface area contributed by atoms with Crippen molar-refractivity contribution < 1.29 is 12.8 Å². The van der Waals surface area contributed by atoms with Crippen LogP contribution in [0.15, 0.2) is 43.0 Å². The lowest BCUT2D eigenvalue weighted by molar-refractivity contribution is 0.620. The lowest BCUT2D eigenvalue weighted by Gasteiger charge is -2.17. The summed E-state index contributed by atoms with van der Waals surface area (Å²) in [5.41, 5.74) is 8.90. The van der Waals surface area contributed by atoms with E-state index < -0.39 is 10.5 Å². The van der Waals surface area contributed by atoms with E-state index in [1.165, 1.54) is 18.5 Å². The summed E-state index contributed by atoms with van der Waals surface area (Å²) < 4.78 is 38.6. The smallest absolute Gasteiger partial charge is 0.308 e. The van der Waals surface area contributed by atoms with Crippen molar-refractivity contribution in [1.29, 1.82) is 10.0 Å². The van der Waals surface area contributed by atoms with Crippen LogP contribution in [0, 0.1) is 28.9 Å². The molecular weight excluding hydrogens is 449 g/mol. The molecule has 3 aromatic heterocycles. The zero-order chi connectivity index (χ0) is 24.1. The molecule has 0 spiro atoms. The van der Waals surface area contributed by atoms with E-state index in [9.17, 15) is 9.65 Å². The zero-order valence-electron chi connectivity index (χ0n) is 17.5. The minimum absolute atomic E-state index is 0.0932. The Kier molecular flexibility index (Phi) is 6.89. The first-order valence-electron chi connectivity index (χ1n) is 9.38. The predicted octanol–water partition coefficient (Wildman–Crippen LogP) is 2.91. The van der Waals surface area contributed by atoms with Crippen molar-refractivity contribution in [3.63, 3.8) is 0 Å². The number of anilines is 2. The first-order chi connectivity index (χ1) is 15.7. The molecule has 13 heteroatoms. The number of nitriles is 1. The largest absolute Gasteiger partial charge is 0.382 e. The molecule has 0 amide bonds. The summed E-state index contributed by atoms with van der Waals surface area (Å²) in [7, 11) is -2.61. The van der Waals surface area contributed by atoms with Gasteiger partial charge in [-0.1, -0.05) is 0 Å². The Bertz CT molecular complexity index is 1470. The molecule has 0 aliphatic carbocycles. The van der Waals surface area contributed by atoms with Gasteiger partial charge in [0.25, 0.3) is 0 Å². The van der Waals surface area contributed by atoms with Crippen molar-refractivity contribution in [2.24, 2.45) is 0 Å². The van der Waals surface area contributed by atoms with E-state index in [-0.39, 0.29) is 23.2 Å². The molecule has 1 aromatic carbocycles. The topological polar surface area (TPSA) is 176 Å². The summed E-state index contributed by atoms with van der Waals surface area (Å²) in [4.78, 5) is 16.9. The molecule has 33 heavy (non-hydrogen) atoms. The van der Waals surface area contributed by atoms with Gasteiger partial charge in [-0.15, -0.1) is 0 Å². The van der Waals surface area contributed by atoms with Crippen molar-refractivity contribution in [3.8, 4) is 11.8 Å². The zero-order valence-corrected chi connectivity index (χ0v) is 18.3. The van der Waals surface area contributed by atoms with Crippen molar-refractivity contribution in [3.05, 3.63) is 65.8 Å². The second kappa shape index (κ2) is 9.79. The van der Waals surface area contributed by atoms with Crippen LogP contribution in [-0.2, 0) is 10.5 Å². The fourth-order valence-electron chi connectivity index (χ4n) is 3.18. The number of nitrogen functional groups attached to an aromatic ring is 1. The average molecular weight is 467 g/mol. The third kappa shape index (κ3) is 5.25. The van der Waals surface area contributed by atoms with Crippen LogP contribution in [0.5, 0.6) is 0 Å². The number of aromatic nitrogens is 5. The van der Waals surface area contributed by atoms with Gasteiger partial charge in [-0.3, -0.25) is 9.55 Å². The van der Waals surface area contributed by atoms with Crippen LogP contribution in [0.3, 0.4) is 0 Å². The Labute approximate surface area is 189 Å². The maximum atomic E-state index is 14.0. The van der Waals surface area contributed by atoms with Crippen LogP contribution < -0.4 is 11.1 Å². The minimum atomic E-state index is -2.61. The van der Waals surface area contributed by atoms with Gasteiger partial charge < -0.3 is 11.1 Å². The molecule has 0 aliphatic heterocycles. The fourth-order valence-corrected chi connectivity index (χ4v) is 3.18. The van der Waals surface area contributed by atoms with Crippen molar-refractivity contribution in [1.82, 2.24) is 24.5 Å². The Balaban J connectivity index is 0.000000709. The Morgan fingerprint density at radius 2 is 2.00 bits per heavy atom. The van der Waals surface area contributed by atoms with Crippen LogP contribution >= 0.6 is 0 Å². The van der Waals surface area contributed by atoms with Gasteiger partial charge in [0.2, 0.25) is 0 Å². The molecule has 4 aromatic rings. The molecule has 0 bridgehead atoms. The molecule has 11 nitrogen and oxygen atoms in total. The number of fused-ring (bicyclic) bond motifs is 1. The Hall–Kier alpha value is -4.44. The van der Waals surface area contributed by atoms with Crippen molar-refractivity contribution >= 4 is 33.2 Å². The van der Waals surface area contributed by atoms with Gasteiger partial charge >= 0.3 is 10.5 Å². The highest BCUT2D eigenvalue weighted by atomic mass is 32.2. The van der Waals surface area contributed by atoms with E-state index in [2.05, 4.69) is 25.3 Å². The van der Waals surface area contributed by atoms with Crippen LogP contribution in [-0.4, -0.2) is 32.9 Å². The lowest BCUT2D eigenvalue weighted by Crippen LogP contribution is -2.15. The van der Waals surface area contributed by atoms with Gasteiger partial charge in [0.1, 0.15) is 41.2 Å². The molecule has 1 atom stereocenters. The standard InChI is InChI=1S/C20H17FN8.HNO2S/c1-11-5-14(9-24-8-11)29-17-6-13(21)3-4-16(17)28-20(29)12(2)27-19-15(7-22)18(23)25-10-26-19;1-4(2)3/h3-6,8-10,12H,1-2H3,(H3,23,25,26,27);1H. The Morgan fingerprint density at radius 3 is 2.67 bits per heavy atom. The second-order valence-corrected chi connectivity index (χ2v) is 7.32. The summed E-state index contributed by atoms with van der Waals surface area (Å²) in [5.74, 6) is 0.649. The van der Waals surface area contributed by atoms with Crippen molar-refractivity contribution in [2.75, 3.05) is 11.1 Å². The molecule has 0 saturated carbocycles. The minimum Gasteiger partial charge on any atom is -0.382 e. The number of halogens is 1. The molecule has 0 radical (unpaired) electrons. The number of rotatable bonds is 4. The molecule has 0 fully saturated rings. The molecule has 0 aliphatic rings. The van der Waals surface area contributed by atoms with E-state index in [4.69, 9.17) is 18.9 Å². The monoisotopic (exact) mass is 467 g/mol. The first kappa shape index (κ1) is 23.2. The van der Waals surface area contributed by atoms with Gasteiger partial charge in [0.05, 0.1) is 29.0 Å². The summed E-state index contributed by atoms with van der Waals surface area (Å²) in [6.45, 7) is 3.80. The number of hydrogen-bond donors (Lipinski definition) is 3. The number of benzene rings is 1. The van der Waals surface area contributed by atoms with Crippen LogP contribution in [0.25, 0.3) is 16.7 Å². The van der Waals surface area contributed by atoms with Crippen LogP contribution in [0.1, 0.15) is 29.9 Å². The summed E-state index contributed by atoms with van der Waals surface area (Å²) in [6, 6.07) is 8.00. The number of imidazole rings is 1. The Morgan fingerprint density at radius 1 is 1.27 bits per heavy atom. The highest BCUT2D eigenvalue weighted by Gasteiger charge is 2.21. The number of aryl methyl sites for hydroxylation is 1. The van der Waals surface area contributed by atoms with Gasteiger partial charge in [-0.05, 0) is 37.6 Å². The van der Waals surface area contributed by atoms with Gasteiger partial charge in [0, 0.05) is 12.3 Å². The van der Waals surface area contributed by atoms with Crippen molar-refractivity contribution in [2.45, 2.75) is 19.9 Å². The summed E-state index contributed by atoms with van der Waals surface area (Å²) >= 11 is 0. The number of nitrogens with one attached hydrogen (secondary N) is 2. The molecule has 1 unspecified atom stereocenters. The highest BCUT2D eigenvalue weighted by molar-refractivity contribution is 7.60. The van der Waals surface area contributed by atoms with Crippen LogP contribution in [0.2, 0.25) is 0 Å². The maximum absolute atomic E-state index is 14.0. The fraction of sp³-hybridized carbons (Fsp3) is 0.150. The number of nitrogens with zero attached hydrogens (tertiary/aromatic N) is 6. The molecule has 0 saturated heterocycles. The van der Waals surface area contributed by atoms with Gasteiger partial charge in [0.15, 0.2) is 0 Å². The van der Waals surface area contributed by atoms with E-state index in [0.29, 0.717) is 22.7 Å². The molecule has 4 rings (SSSR count). The average Bonchev–Trinajstić information content (AvgIpc) is 3.12. The SMILES string of the molecule is Cc1cncc(-n2c(C(C)Nc3ncnc(N)c3C#N)nc3ccc(F)cc32)c1.N=S(=O)=O. The van der Waals surface area contributed by atoms with Crippen LogP contribution in [0.4, 0.5) is 16.0 Å². The first-order valence-corrected chi connectivity index (χ1v) is 10.5. The molecular formula is C20H18FN9O2S. The van der Waals surface area contributed by atoms with E-state index in [0.717, 1.165) is 11.3 Å². The predicted molar refractivity (Wildman–Crippen MR) is 118 cm³/mol. The highest BCUT2D eigenvalue weighted by Crippen LogP contribution is 2.28. The third-order valence-corrected chi connectivity index (χ3v) is 4.49. The molecule has 3 heterocycles. The van der Waals surface area contributed by atoms with E-state index in [1.54, 1.807) is 18.5 Å². The molecule has 4 N–H and O–H groups in total. The maximum Gasteiger partial charge on any atom is 0.308 e. The normalized spacial score (nSPS) is 11.2. The summed E-state index contributed by atoms with van der Waals surface area (Å²) in [5, 5.41) is 12.5. The third-order valence-electron chi connectivity index (χ3n) is 4.49. The second-order valence-electron chi connectivity index (χ2n) is 6.85. The lowest BCUT2D eigenvalue weighted by atomic mass is 10.2. The number of nitrogens with two attached hydrogens (primary N) is 1. The van der Waals surface area contributed by atoms with Gasteiger partial charge in [-0.25, -0.2) is 19.3 Å². The number of hydrogen-bond acceptors (Lipinski definition) is 10. The summed E-state index contributed by atoms with van der Waals surface area (Å²) in [6.07, 6.45) is 4.72. The van der Waals surface area contributed by atoms with E-state index >= 15 is 0 Å². The quantitative estimate of drug-likeness (QED) is 0.407.